The number of phenols is 2. The van der Waals surface area contributed by atoms with Gasteiger partial charge in [-0.05, 0) is 81.5 Å². The number of carbonyl (C=O) groups excluding carboxylic acids is 2. The number of methoxy groups -OCH3 is 1. The van der Waals surface area contributed by atoms with E-state index in [-0.39, 0.29) is 41.6 Å². The lowest BCUT2D eigenvalue weighted by atomic mass is 9.57. The molecule has 0 saturated heterocycles. The van der Waals surface area contributed by atoms with E-state index >= 15 is 0 Å². The van der Waals surface area contributed by atoms with Gasteiger partial charge in [0.25, 0.3) is 0 Å². The third-order valence-corrected chi connectivity index (χ3v) is 7.59. The third kappa shape index (κ3) is 4.89. The number of esters is 1. The number of Topliss-reactive ketones (excluding diaryl/α,β-unsaturated/α-hetero) is 1. The van der Waals surface area contributed by atoms with Crippen LogP contribution in [0.2, 0.25) is 0 Å². The SMILES string of the molecule is CC[C@@]1(c2c(C)c(CCC(=O)OC)cc(O)c2O)CC(=O)CCC1C(C)NCC1CC1. The Kier molecular flexibility index (Phi) is 7.30. The zero-order valence-electron chi connectivity index (χ0n) is 19.3. The highest BCUT2D eigenvalue weighted by Gasteiger charge is 2.48. The van der Waals surface area contributed by atoms with Crippen molar-refractivity contribution in [1.82, 2.24) is 5.32 Å². The zero-order chi connectivity index (χ0) is 22.8. The van der Waals surface area contributed by atoms with Crippen molar-refractivity contribution in [2.45, 2.75) is 83.6 Å². The first-order valence-electron chi connectivity index (χ1n) is 11.6. The molecule has 2 aliphatic carbocycles. The number of hydrogen-bond acceptors (Lipinski definition) is 6. The van der Waals surface area contributed by atoms with E-state index in [0.29, 0.717) is 31.2 Å². The quantitative estimate of drug-likeness (QED) is 0.405. The van der Waals surface area contributed by atoms with Gasteiger partial charge >= 0.3 is 5.97 Å². The molecule has 2 unspecified atom stereocenters. The van der Waals surface area contributed by atoms with Crippen molar-refractivity contribution >= 4 is 11.8 Å². The summed E-state index contributed by atoms with van der Waals surface area (Å²) >= 11 is 0. The second kappa shape index (κ2) is 9.60. The maximum Gasteiger partial charge on any atom is 0.305 e. The lowest BCUT2D eigenvalue weighted by molar-refractivity contribution is -0.140. The normalized spacial score (nSPS) is 24.8. The number of rotatable bonds is 9. The molecular formula is C25H37NO5. The Labute approximate surface area is 185 Å². The first kappa shape index (κ1) is 23.6. The second-order valence-electron chi connectivity index (χ2n) is 9.49. The molecule has 172 valence electrons. The van der Waals surface area contributed by atoms with E-state index in [2.05, 4.69) is 19.2 Å². The molecule has 0 bridgehead atoms. The number of benzene rings is 1. The Bertz CT molecular complexity index is 832. The molecule has 6 nitrogen and oxygen atoms in total. The molecule has 0 amide bonds. The molecule has 1 aromatic carbocycles. The molecule has 0 heterocycles. The van der Waals surface area contributed by atoms with Gasteiger partial charge in [-0.25, -0.2) is 0 Å². The molecule has 2 fully saturated rings. The van der Waals surface area contributed by atoms with Crippen LogP contribution in [0.3, 0.4) is 0 Å². The van der Waals surface area contributed by atoms with Gasteiger partial charge in [0.05, 0.1) is 7.11 Å². The minimum Gasteiger partial charge on any atom is -0.504 e. The summed E-state index contributed by atoms with van der Waals surface area (Å²) in [4.78, 5) is 24.4. The van der Waals surface area contributed by atoms with Crippen molar-refractivity contribution in [3.8, 4) is 11.5 Å². The van der Waals surface area contributed by atoms with Crippen LogP contribution in [0, 0.1) is 18.8 Å². The van der Waals surface area contributed by atoms with Crippen LogP contribution in [0.1, 0.15) is 75.5 Å². The van der Waals surface area contributed by atoms with Gasteiger partial charge in [0, 0.05) is 36.3 Å². The van der Waals surface area contributed by atoms with Crippen LogP contribution in [0.5, 0.6) is 11.5 Å². The number of aromatic hydroxyl groups is 2. The largest absolute Gasteiger partial charge is 0.504 e. The Balaban J connectivity index is 2.03. The summed E-state index contributed by atoms with van der Waals surface area (Å²) in [6.45, 7) is 7.16. The van der Waals surface area contributed by atoms with Crippen molar-refractivity contribution < 1.29 is 24.5 Å². The third-order valence-electron chi connectivity index (χ3n) is 7.59. The standard InChI is InChI=1S/C25H37NO5/c1-5-25(13-19(27)9-10-20(25)16(3)26-14-17-6-7-17)23-15(2)18(8-11-22(29)31-4)12-21(28)24(23)30/h12,16-17,20,26,28,30H,5-11,13-14H2,1-4H3/t16?,20?,25-/m1/s1. The highest BCUT2D eigenvalue weighted by molar-refractivity contribution is 5.82. The highest BCUT2D eigenvalue weighted by atomic mass is 16.5. The molecular weight excluding hydrogens is 394 g/mol. The lowest BCUT2D eigenvalue weighted by Crippen LogP contribution is -2.50. The molecule has 0 radical (unpaired) electrons. The molecule has 1 aromatic rings. The number of ether oxygens (including phenoxy) is 1. The van der Waals surface area contributed by atoms with E-state index in [0.717, 1.165) is 30.0 Å². The van der Waals surface area contributed by atoms with Crippen molar-refractivity contribution in [3.05, 3.63) is 22.8 Å². The van der Waals surface area contributed by atoms with Gasteiger partial charge in [-0.2, -0.15) is 0 Å². The fourth-order valence-electron chi connectivity index (χ4n) is 5.56. The minimum atomic E-state index is -0.557. The molecule has 31 heavy (non-hydrogen) atoms. The molecule has 6 heteroatoms. The molecule has 2 saturated carbocycles. The highest BCUT2D eigenvalue weighted by Crippen LogP contribution is 2.53. The van der Waals surface area contributed by atoms with Crippen LogP contribution in [0.25, 0.3) is 0 Å². The number of hydrogen-bond donors (Lipinski definition) is 3. The Hall–Kier alpha value is -2.08. The Morgan fingerprint density at radius 1 is 1.32 bits per heavy atom. The van der Waals surface area contributed by atoms with Crippen LogP contribution >= 0.6 is 0 Å². The van der Waals surface area contributed by atoms with Crippen molar-refractivity contribution in [2.24, 2.45) is 11.8 Å². The first-order chi connectivity index (χ1) is 14.7. The lowest BCUT2D eigenvalue weighted by Gasteiger charge is -2.47. The molecule has 3 rings (SSSR count). The Morgan fingerprint density at radius 3 is 2.65 bits per heavy atom. The van der Waals surface area contributed by atoms with Crippen molar-refractivity contribution in [1.29, 1.82) is 0 Å². The maximum absolute atomic E-state index is 12.7. The second-order valence-corrected chi connectivity index (χ2v) is 9.49. The molecule has 3 N–H and O–H groups in total. The smallest absolute Gasteiger partial charge is 0.305 e. The Morgan fingerprint density at radius 2 is 2.03 bits per heavy atom. The fourth-order valence-corrected chi connectivity index (χ4v) is 5.56. The first-order valence-corrected chi connectivity index (χ1v) is 11.6. The van der Waals surface area contributed by atoms with E-state index in [9.17, 15) is 19.8 Å². The van der Waals surface area contributed by atoms with Gasteiger partial charge in [0.15, 0.2) is 11.5 Å². The predicted molar refractivity (Wildman–Crippen MR) is 119 cm³/mol. The summed E-state index contributed by atoms with van der Waals surface area (Å²) in [5.74, 6) is 0.477. The van der Waals surface area contributed by atoms with E-state index in [1.807, 2.05) is 6.92 Å². The zero-order valence-corrected chi connectivity index (χ0v) is 19.3. The van der Waals surface area contributed by atoms with Gasteiger partial charge in [0.1, 0.15) is 5.78 Å². The van der Waals surface area contributed by atoms with Crippen LogP contribution in [-0.4, -0.2) is 41.7 Å². The summed E-state index contributed by atoms with van der Waals surface area (Å²) in [5.41, 5.74) is 1.78. The summed E-state index contributed by atoms with van der Waals surface area (Å²) in [6.07, 6.45) is 5.52. The number of aryl methyl sites for hydroxylation is 1. The van der Waals surface area contributed by atoms with Crippen molar-refractivity contribution in [2.75, 3.05) is 13.7 Å². The van der Waals surface area contributed by atoms with E-state index < -0.39 is 5.41 Å². The maximum atomic E-state index is 12.7. The number of ketones is 1. The molecule has 0 aromatic heterocycles. The van der Waals surface area contributed by atoms with Gasteiger partial charge < -0.3 is 20.3 Å². The van der Waals surface area contributed by atoms with E-state index in [1.54, 1.807) is 0 Å². The van der Waals surface area contributed by atoms with Gasteiger partial charge in [0.2, 0.25) is 0 Å². The summed E-state index contributed by atoms with van der Waals surface area (Å²) in [5, 5.41) is 25.3. The number of carbonyl (C=O) groups is 2. The predicted octanol–water partition coefficient (Wildman–Crippen LogP) is 3.92. The van der Waals surface area contributed by atoms with E-state index in [1.165, 1.54) is 26.0 Å². The monoisotopic (exact) mass is 431 g/mol. The van der Waals surface area contributed by atoms with Crippen LogP contribution in [0.15, 0.2) is 6.07 Å². The molecule has 3 atom stereocenters. The summed E-state index contributed by atoms with van der Waals surface area (Å²) in [6, 6.07) is 1.72. The average Bonchev–Trinajstić information content (AvgIpc) is 3.58. The van der Waals surface area contributed by atoms with Crippen LogP contribution < -0.4 is 5.32 Å². The fraction of sp³-hybridized carbons (Fsp3) is 0.680. The molecule has 0 aliphatic heterocycles. The van der Waals surface area contributed by atoms with Crippen molar-refractivity contribution in [3.63, 3.8) is 0 Å². The molecule has 2 aliphatic rings. The number of phenolic OH excluding ortho intramolecular Hbond substituents is 2. The molecule has 0 spiro atoms. The van der Waals surface area contributed by atoms with E-state index in [4.69, 9.17) is 4.74 Å². The van der Waals surface area contributed by atoms with Gasteiger partial charge in [-0.1, -0.05) is 6.92 Å². The van der Waals surface area contributed by atoms with Gasteiger partial charge in [-0.3, -0.25) is 9.59 Å². The topological polar surface area (TPSA) is 95.9 Å². The van der Waals surface area contributed by atoms with Crippen LogP contribution in [-0.2, 0) is 26.2 Å². The number of nitrogens with one attached hydrogen (secondary N) is 1. The van der Waals surface area contributed by atoms with Gasteiger partial charge in [-0.15, -0.1) is 0 Å². The average molecular weight is 432 g/mol. The summed E-state index contributed by atoms with van der Waals surface area (Å²) < 4.78 is 4.76. The minimum absolute atomic E-state index is 0.129. The van der Waals surface area contributed by atoms with Crippen LogP contribution in [0.4, 0.5) is 0 Å². The summed E-state index contributed by atoms with van der Waals surface area (Å²) in [7, 11) is 1.36.